The monoisotopic (exact) mass is 268 g/mol. The molecule has 0 aliphatic heterocycles. The number of carbonyl (C=O) groups is 1. The van der Waals surface area contributed by atoms with Crippen LogP contribution in [-0.4, -0.2) is 31.1 Å². The van der Waals surface area contributed by atoms with E-state index in [1.165, 1.54) is 0 Å². The van der Waals surface area contributed by atoms with E-state index in [9.17, 15) is 4.79 Å². The maximum atomic E-state index is 12.4. The molecule has 1 aromatic rings. The van der Waals surface area contributed by atoms with Gasteiger partial charge in [-0.05, 0) is 37.0 Å². The quantitative estimate of drug-likeness (QED) is 0.478. The zero-order valence-corrected chi connectivity index (χ0v) is 12.0. The molecule has 3 nitrogen and oxygen atoms in total. The van der Waals surface area contributed by atoms with Crippen LogP contribution in [0.1, 0.15) is 24.8 Å². The first kappa shape index (κ1) is 14.3. The molecule has 3 heteroatoms. The molecule has 1 aliphatic carbocycles. The van der Waals surface area contributed by atoms with Crippen molar-refractivity contribution in [1.82, 2.24) is 5.01 Å². The molecule has 0 aromatic heterocycles. The average Bonchev–Trinajstić information content (AvgIpc) is 2.44. The van der Waals surface area contributed by atoms with Gasteiger partial charge >= 0.3 is 0 Å². The van der Waals surface area contributed by atoms with Crippen LogP contribution < -0.4 is 0 Å². The molecular weight excluding hydrogens is 248 g/mol. The lowest BCUT2D eigenvalue weighted by atomic mass is 9.88. The summed E-state index contributed by atoms with van der Waals surface area (Å²) in [5.74, 6) is 0.158. The van der Waals surface area contributed by atoms with Crippen LogP contribution in [0.4, 0.5) is 0 Å². The van der Waals surface area contributed by atoms with Crippen LogP contribution in [0, 0.1) is 0 Å². The zero-order chi connectivity index (χ0) is 14.4. The summed E-state index contributed by atoms with van der Waals surface area (Å²) in [6, 6.07) is 9.99. The highest BCUT2D eigenvalue weighted by atomic mass is 16.1. The second-order valence-electron chi connectivity index (χ2n) is 5.07. The summed E-state index contributed by atoms with van der Waals surface area (Å²) in [4.78, 5) is 12.4. The van der Waals surface area contributed by atoms with Crippen molar-refractivity contribution >= 4 is 18.1 Å². The van der Waals surface area contributed by atoms with Gasteiger partial charge in [0, 0.05) is 31.5 Å². The second kappa shape index (κ2) is 6.85. The lowest BCUT2D eigenvalue weighted by Gasteiger charge is -2.16. The van der Waals surface area contributed by atoms with E-state index in [0.29, 0.717) is 0 Å². The Labute approximate surface area is 120 Å². The van der Waals surface area contributed by atoms with E-state index in [1.54, 1.807) is 11.2 Å². The van der Waals surface area contributed by atoms with Crippen molar-refractivity contribution in [3.8, 4) is 0 Å². The number of hydrogen-bond donors (Lipinski definition) is 0. The fraction of sp³-hybridized carbons (Fsp3) is 0.294. The van der Waals surface area contributed by atoms with Gasteiger partial charge in [0.25, 0.3) is 0 Å². The van der Waals surface area contributed by atoms with Gasteiger partial charge in [0.1, 0.15) is 0 Å². The number of hydrogen-bond acceptors (Lipinski definition) is 3. The lowest BCUT2D eigenvalue weighted by molar-refractivity contribution is -0.112. The third kappa shape index (κ3) is 3.92. The van der Waals surface area contributed by atoms with Gasteiger partial charge in [-0.25, -0.2) is 0 Å². The summed E-state index contributed by atoms with van der Waals surface area (Å²) in [5, 5.41) is 5.84. The molecule has 1 saturated carbocycles. The van der Waals surface area contributed by atoms with Crippen molar-refractivity contribution in [3.63, 3.8) is 0 Å². The Hall–Kier alpha value is -2.16. The molecule has 1 aromatic carbocycles. The number of benzene rings is 1. The molecule has 0 saturated heterocycles. The van der Waals surface area contributed by atoms with Crippen molar-refractivity contribution in [2.75, 3.05) is 14.1 Å². The van der Waals surface area contributed by atoms with Gasteiger partial charge in [0.15, 0.2) is 5.78 Å². The molecule has 0 radical (unpaired) electrons. The van der Waals surface area contributed by atoms with Gasteiger partial charge in [-0.2, -0.15) is 5.10 Å². The normalized spacial score (nSPS) is 20.0. The van der Waals surface area contributed by atoms with E-state index in [2.05, 4.69) is 5.10 Å². The Bertz CT molecular complexity index is 554. The molecule has 104 valence electrons. The van der Waals surface area contributed by atoms with Gasteiger partial charge in [0.05, 0.1) is 0 Å². The fourth-order valence-electron chi connectivity index (χ4n) is 2.21. The van der Waals surface area contributed by atoms with Crippen molar-refractivity contribution in [1.29, 1.82) is 0 Å². The third-order valence-corrected chi connectivity index (χ3v) is 3.19. The maximum Gasteiger partial charge on any atom is 0.185 e. The van der Waals surface area contributed by atoms with Crippen LogP contribution >= 0.6 is 0 Å². The number of nitrogens with zero attached hydrogens (tertiary/aromatic N) is 2. The van der Waals surface area contributed by atoms with E-state index >= 15 is 0 Å². The first-order chi connectivity index (χ1) is 9.66. The van der Waals surface area contributed by atoms with Crippen molar-refractivity contribution in [2.24, 2.45) is 5.10 Å². The highest BCUT2D eigenvalue weighted by molar-refractivity contribution is 6.13. The van der Waals surface area contributed by atoms with Crippen LogP contribution in [0.3, 0.4) is 0 Å². The molecular formula is C17H20N2O. The minimum absolute atomic E-state index is 0.158. The molecule has 1 aliphatic rings. The number of hydrazone groups is 1. The van der Waals surface area contributed by atoms with E-state index < -0.39 is 0 Å². The van der Waals surface area contributed by atoms with Crippen LogP contribution in [0.25, 0.3) is 6.08 Å². The van der Waals surface area contributed by atoms with Gasteiger partial charge in [-0.15, -0.1) is 0 Å². The zero-order valence-electron chi connectivity index (χ0n) is 12.0. The standard InChI is InChI=1S/C17H20N2O/c1-19(2)18-12-11-15-9-6-10-16(17(15)20)13-14-7-4-3-5-8-14/h3-5,7-8,11-13H,6,9-10H2,1-2H3/b15-11+,16-13+,18-12-. The summed E-state index contributed by atoms with van der Waals surface area (Å²) in [5.41, 5.74) is 2.83. The minimum Gasteiger partial charge on any atom is -0.303 e. The highest BCUT2D eigenvalue weighted by Gasteiger charge is 2.19. The van der Waals surface area contributed by atoms with Gasteiger partial charge in [-0.3, -0.25) is 4.79 Å². The summed E-state index contributed by atoms with van der Waals surface area (Å²) in [7, 11) is 3.72. The summed E-state index contributed by atoms with van der Waals surface area (Å²) >= 11 is 0. The van der Waals surface area contributed by atoms with Crippen LogP contribution in [0.15, 0.2) is 52.7 Å². The predicted octanol–water partition coefficient (Wildman–Crippen LogP) is 3.30. The Morgan fingerprint density at radius 1 is 1.10 bits per heavy atom. The lowest BCUT2D eigenvalue weighted by Crippen LogP contribution is -2.12. The third-order valence-electron chi connectivity index (χ3n) is 3.19. The molecule has 20 heavy (non-hydrogen) atoms. The molecule has 1 fully saturated rings. The fourth-order valence-corrected chi connectivity index (χ4v) is 2.21. The van der Waals surface area contributed by atoms with Crippen molar-refractivity contribution in [3.05, 3.63) is 53.1 Å². The second-order valence-corrected chi connectivity index (χ2v) is 5.07. The van der Waals surface area contributed by atoms with Gasteiger partial charge < -0.3 is 5.01 Å². The van der Waals surface area contributed by atoms with Crippen LogP contribution in [0.2, 0.25) is 0 Å². The number of rotatable bonds is 3. The van der Waals surface area contributed by atoms with E-state index in [4.69, 9.17) is 0 Å². The SMILES string of the molecule is CN(C)/N=C\C=C1/CCC/C(=C\c2ccccc2)C1=O. The number of allylic oxidation sites excluding steroid dienone is 3. The first-order valence-electron chi connectivity index (χ1n) is 6.87. The molecule has 0 atom stereocenters. The Morgan fingerprint density at radius 2 is 1.80 bits per heavy atom. The average molecular weight is 268 g/mol. The van der Waals surface area contributed by atoms with E-state index in [-0.39, 0.29) is 5.78 Å². The summed E-state index contributed by atoms with van der Waals surface area (Å²) in [6.45, 7) is 0. The maximum absolute atomic E-state index is 12.4. The smallest absolute Gasteiger partial charge is 0.185 e. The Kier molecular flexibility index (Phi) is 4.88. The Balaban J connectivity index is 2.17. The van der Waals surface area contributed by atoms with Gasteiger partial charge in [-0.1, -0.05) is 30.3 Å². The molecule has 0 spiro atoms. The largest absolute Gasteiger partial charge is 0.303 e. The highest BCUT2D eigenvalue weighted by Crippen LogP contribution is 2.26. The van der Waals surface area contributed by atoms with Crippen LogP contribution in [0.5, 0.6) is 0 Å². The van der Waals surface area contributed by atoms with Crippen molar-refractivity contribution < 1.29 is 4.79 Å². The molecule has 0 amide bonds. The topological polar surface area (TPSA) is 32.7 Å². The molecule has 0 unspecified atom stereocenters. The summed E-state index contributed by atoms with van der Waals surface area (Å²) in [6.07, 6.45) is 8.24. The number of ketones is 1. The predicted molar refractivity (Wildman–Crippen MR) is 83.5 cm³/mol. The number of carbonyl (C=O) groups excluding carboxylic acids is 1. The first-order valence-corrected chi connectivity index (χ1v) is 6.87. The number of Topliss-reactive ketones (excluding diaryl/α,β-unsaturated/α-hetero) is 1. The van der Waals surface area contributed by atoms with Crippen LogP contribution in [-0.2, 0) is 4.79 Å². The van der Waals surface area contributed by atoms with Crippen molar-refractivity contribution in [2.45, 2.75) is 19.3 Å². The summed E-state index contributed by atoms with van der Waals surface area (Å²) < 4.78 is 0. The molecule has 0 heterocycles. The molecule has 0 N–H and O–H groups in total. The van der Waals surface area contributed by atoms with E-state index in [1.807, 2.05) is 56.6 Å². The minimum atomic E-state index is 0.158. The molecule has 0 bridgehead atoms. The van der Waals surface area contributed by atoms with Gasteiger partial charge in [0.2, 0.25) is 0 Å². The molecule has 2 rings (SSSR count). The van der Waals surface area contributed by atoms with E-state index in [0.717, 1.165) is 36.0 Å². The Morgan fingerprint density at radius 3 is 2.50 bits per heavy atom.